The molecule has 2 heteroatoms. The Morgan fingerprint density at radius 2 is 1.48 bits per heavy atom. The lowest BCUT2D eigenvalue weighted by Gasteiger charge is -2.16. The van der Waals surface area contributed by atoms with Crippen LogP contribution in [0.3, 0.4) is 0 Å². The Morgan fingerprint density at radius 1 is 0.905 bits per heavy atom. The molecule has 0 aliphatic rings. The van der Waals surface area contributed by atoms with Crippen molar-refractivity contribution in [2.45, 2.75) is 32.7 Å². The molecule has 0 aromatic heterocycles. The van der Waals surface area contributed by atoms with Crippen LogP contribution >= 0.6 is 0 Å². The van der Waals surface area contributed by atoms with Crippen molar-refractivity contribution >= 4 is 0 Å². The maximum atomic E-state index is 5.20. The second-order valence-corrected chi connectivity index (χ2v) is 5.29. The third kappa shape index (κ3) is 4.33. The standard InChI is InChI=1S/C19H25NO/c1-4-18(20-5-2)14-15-6-8-16(9-7-15)17-10-12-19(21-3)13-11-17/h6-13,18,20H,4-5,14H2,1-3H3. The third-order valence-electron chi connectivity index (χ3n) is 3.84. The highest BCUT2D eigenvalue weighted by atomic mass is 16.5. The molecule has 2 aromatic carbocycles. The summed E-state index contributed by atoms with van der Waals surface area (Å²) in [5, 5.41) is 3.53. The van der Waals surface area contributed by atoms with Crippen LogP contribution in [0.4, 0.5) is 0 Å². The first-order valence-corrected chi connectivity index (χ1v) is 7.73. The van der Waals surface area contributed by atoms with E-state index in [1.54, 1.807) is 7.11 Å². The van der Waals surface area contributed by atoms with Crippen LogP contribution in [0.5, 0.6) is 5.75 Å². The van der Waals surface area contributed by atoms with E-state index in [9.17, 15) is 0 Å². The van der Waals surface area contributed by atoms with Gasteiger partial charge in [-0.15, -0.1) is 0 Å². The zero-order chi connectivity index (χ0) is 15.1. The van der Waals surface area contributed by atoms with Gasteiger partial charge in [0.05, 0.1) is 7.11 Å². The average Bonchev–Trinajstić information content (AvgIpc) is 2.55. The second-order valence-electron chi connectivity index (χ2n) is 5.29. The van der Waals surface area contributed by atoms with Crippen molar-refractivity contribution in [3.8, 4) is 16.9 Å². The van der Waals surface area contributed by atoms with E-state index in [1.165, 1.54) is 16.7 Å². The van der Waals surface area contributed by atoms with Crippen LogP contribution in [-0.4, -0.2) is 19.7 Å². The Bertz CT molecular complexity index is 530. The Hall–Kier alpha value is -1.80. The summed E-state index contributed by atoms with van der Waals surface area (Å²) in [4.78, 5) is 0. The first kappa shape index (κ1) is 15.6. The van der Waals surface area contributed by atoms with Crippen molar-refractivity contribution in [1.29, 1.82) is 0 Å². The monoisotopic (exact) mass is 283 g/mol. The molecule has 0 spiro atoms. The molecule has 0 amide bonds. The molecule has 21 heavy (non-hydrogen) atoms. The molecule has 0 bridgehead atoms. The number of nitrogens with one attached hydrogen (secondary N) is 1. The van der Waals surface area contributed by atoms with Gasteiger partial charge in [-0.2, -0.15) is 0 Å². The maximum Gasteiger partial charge on any atom is 0.118 e. The summed E-state index contributed by atoms with van der Waals surface area (Å²) in [5.74, 6) is 0.895. The van der Waals surface area contributed by atoms with Crippen molar-refractivity contribution in [3.05, 3.63) is 54.1 Å². The zero-order valence-corrected chi connectivity index (χ0v) is 13.2. The van der Waals surface area contributed by atoms with Gasteiger partial charge >= 0.3 is 0 Å². The molecular formula is C19H25NO. The van der Waals surface area contributed by atoms with Crippen LogP contribution < -0.4 is 10.1 Å². The van der Waals surface area contributed by atoms with E-state index in [4.69, 9.17) is 4.74 Å². The van der Waals surface area contributed by atoms with Crippen molar-refractivity contribution in [1.82, 2.24) is 5.32 Å². The number of benzene rings is 2. The summed E-state index contributed by atoms with van der Waals surface area (Å²) in [6, 6.07) is 17.7. The van der Waals surface area contributed by atoms with Crippen LogP contribution in [0.2, 0.25) is 0 Å². The van der Waals surface area contributed by atoms with Gasteiger partial charge in [-0.3, -0.25) is 0 Å². The largest absolute Gasteiger partial charge is 0.497 e. The molecule has 1 atom stereocenters. The Labute approximate surface area is 128 Å². The molecule has 0 saturated heterocycles. The summed E-state index contributed by atoms with van der Waals surface area (Å²) < 4.78 is 5.20. The molecule has 112 valence electrons. The van der Waals surface area contributed by atoms with Crippen molar-refractivity contribution < 1.29 is 4.74 Å². The molecule has 1 unspecified atom stereocenters. The predicted molar refractivity (Wildman–Crippen MR) is 89.9 cm³/mol. The van der Waals surface area contributed by atoms with E-state index < -0.39 is 0 Å². The Morgan fingerprint density at radius 3 is 1.95 bits per heavy atom. The van der Waals surface area contributed by atoms with E-state index in [2.05, 4.69) is 55.6 Å². The average molecular weight is 283 g/mol. The minimum absolute atomic E-state index is 0.571. The van der Waals surface area contributed by atoms with Crippen LogP contribution in [0, 0.1) is 0 Å². The lowest BCUT2D eigenvalue weighted by atomic mass is 9.99. The van der Waals surface area contributed by atoms with Gasteiger partial charge in [-0.05, 0) is 48.2 Å². The molecule has 0 aliphatic heterocycles. The van der Waals surface area contributed by atoms with Crippen LogP contribution in [0.25, 0.3) is 11.1 Å². The van der Waals surface area contributed by atoms with Gasteiger partial charge in [-0.25, -0.2) is 0 Å². The highest BCUT2D eigenvalue weighted by Gasteiger charge is 2.06. The highest BCUT2D eigenvalue weighted by molar-refractivity contribution is 5.64. The van der Waals surface area contributed by atoms with E-state index in [1.807, 2.05) is 12.1 Å². The van der Waals surface area contributed by atoms with E-state index >= 15 is 0 Å². The molecule has 0 heterocycles. The SMILES string of the molecule is CCNC(CC)Cc1ccc(-c2ccc(OC)cc2)cc1. The first-order valence-electron chi connectivity index (χ1n) is 7.73. The van der Waals surface area contributed by atoms with Crippen LogP contribution in [0.15, 0.2) is 48.5 Å². The van der Waals surface area contributed by atoms with Gasteiger partial charge < -0.3 is 10.1 Å². The zero-order valence-electron chi connectivity index (χ0n) is 13.2. The third-order valence-corrected chi connectivity index (χ3v) is 3.84. The molecule has 2 rings (SSSR count). The van der Waals surface area contributed by atoms with E-state index in [0.717, 1.165) is 25.1 Å². The predicted octanol–water partition coefficient (Wildman–Crippen LogP) is 4.29. The van der Waals surface area contributed by atoms with Gasteiger partial charge in [-0.1, -0.05) is 50.2 Å². The van der Waals surface area contributed by atoms with Gasteiger partial charge in [0.15, 0.2) is 0 Å². The quantitative estimate of drug-likeness (QED) is 0.818. The maximum absolute atomic E-state index is 5.20. The topological polar surface area (TPSA) is 21.3 Å². The van der Waals surface area contributed by atoms with E-state index in [0.29, 0.717) is 6.04 Å². The highest BCUT2D eigenvalue weighted by Crippen LogP contribution is 2.23. The number of hydrogen-bond acceptors (Lipinski definition) is 2. The minimum Gasteiger partial charge on any atom is -0.497 e. The molecule has 0 fully saturated rings. The normalized spacial score (nSPS) is 12.1. The second kappa shape index (κ2) is 7.84. The fourth-order valence-electron chi connectivity index (χ4n) is 2.55. The fraction of sp³-hybridized carbons (Fsp3) is 0.368. The molecule has 0 saturated carbocycles. The lowest BCUT2D eigenvalue weighted by molar-refractivity contribution is 0.415. The van der Waals surface area contributed by atoms with E-state index in [-0.39, 0.29) is 0 Å². The summed E-state index contributed by atoms with van der Waals surface area (Å²) in [6.45, 7) is 5.43. The van der Waals surface area contributed by atoms with Crippen molar-refractivity contribution in [2.75, 3.05) is 13.7 Å². The molecule has 2 aromatic rings. The summed E-state index contributed by atoms with van der Waals surface area (Å²) in [6.07, 6.45) is 2.25. The summed E-state index contributed by atoms with van der Waals surface area (Å²) >= 11 is 0. The van der Waals surface area contributed by atoms with Gasteiger partial charge in [0, 0.05) is 6.04 Å². The molecule has 0 aliphatic carbocycles. The van der Waals surface area contributed by atoms with Gasteiger partial charge in [0.25, 0.3) is 0 Å². The van der Waals surface area contributed by atoms with Crippen molar-refractivity contribution in [2.24, 2.45) is 0 Å². The van der Waals surface area contributed by atoms with Crippen molar-refractivity contribution in [3.63, 3.8) is 0 Å². The molecule has 1 N–H and O–H groups in total. The van der Waals surface area contributed by atoms with Gasteiger partial charge in [0.2, 0.25) is 0 Å². The number of rotatable bonds is 7. The number of ether oxygens (including phenoxy) is 1. The van der Waals surface area contributed by atoms with Crippen LogP contribution in [-0.2, 0) is 6.42 Å². The molecular weight excluding hydrogens is 258 g/mol. The number of methoxy groups -OCH3 is 1. The van der Waals surface area contributed by atoms with Crippen LogP contribution in [0.1, 0.15) is 25.8 Å². The first-order chi connectivity index (χ1) is 10.3. The number of hydrogen-bond donors (Lipinski definition) is 1. The summed E-state index contributed by atoms with van der Waals surface area (Å²) in [7, 11) is 1.69. The fourth-order valence-corrected chi connectivity index (χ4v) is 2.55. The Kier molecular flexibility index (Phi) is 5.82. The smallest absolute Gasteiger partial charge is 0.118 e. The number of likely N-dealkylation sites (N-methyl/N-ethyl adjacent to an activating group) is 1. The minimum atomic E-state index is 0.571. The molecule has 0 radical (unpaired) electrons. The lowest BCUT2D eigenvalue weighted by Crippen LogP contribution is -2.30. The summed E-state index contributed by atoms with van der Waals surface area (Å²) in [5.41, 5.74) is 3.86. The Balaban J connectivity index is 2.07. The van der Waals surface area contributed by atoms with Gasteiger partial charge in [0.1, 0.15) is 5.75 Å². The molecule has 2 nitrogen and oxygen atoms in total.